The van der Waals surface area contributed by atoms with Crippen molar-refractivity contribution in [2.75, 3.05) is 13.6 Å². The summed E-state index contributed by atoms with van der Waals surface area (Å²) >= 11 is 0. The van der Waals surface area contributed by atoms with Crippen molar-refractivity contribution in [3.05, 3.63) is 29.8 Å². The summed E-state index contributed by atoms with van der Waals surface area (Å²) < 4.78 is 0. The molecule has 0 aliphatic heterocycles. The first-order valence-electron chi connectivity index (χ1n) is 5.85. The fourth-order valence-corrected chi connectivity index (χ4v) is 1.57. The summed E-state index contributed by atoms with van der Waals surface area (Å²) in [6, 6.07) is 6.89. The number of aromatic hydroxyl groups is 1. The topological polar surface area (TPSA) is 66.6 Å². The first-order valence-corrected chi connectivity index (χ1v) is 5.85. The molecule has 3 N–H and O–H groups in total. The first-order chi connectivity index (χ1) is 8.13. The van der Waals surface area contributed by atoms with Crippen LogP contribution in [-0.4, -0.2) is 29.5 Å². The minimum absolute atomic E-state index is 0.131. The molecule has 1 amide bonds. The summed E-state index contributed by atoms with van der Waals surface area (Å²) in [5.41, 5.74) is 6.39. The van der Waals surface area contributed by atoms with Gasteiger partial charge in [-0.05, 0) is 37.1 Å². The number of rotatable bonds is 6. The smallest absolute Gasteiger partial charge is 0.222 e. The molecule has 0 aromatic heterocycles. The van der Waals surface area contributed by atoms with Crippen molar-refractivity contribution in [1.29, 1.82) is 0 Å². The highest BCUT2D eigenvalue weighted by Gasteiger charge is 2.08. The molecule has 0 aliphatic carbocycles. The maximum absolute atomic E-state index is 11.7. The van der Waals surface area contributed by atoms with E-state index in [-0.39, 0.29) is 11.7 Å². The van der Waals surface area contributed by atoms with Crippen LogP contribution in [-0.2, 0) is 11.3 Å². The van der Waals surface area contributed by atoms with Gasteiger partial charge in [0.1, 0.15) is 5.75 Å². The van der Waals surface area contributed by atoms with Gasteiger partial charge in [-0.25, -0.2) is 0 Å². The lowest BCUT2D eigenvalue weighted by atomic mass is 10.2. The Morgan fingerprint density at radius 2 is 1.94 bits per heavy atom. The highest BCUT2D eigenvalue weighted by molar-refractivity contribution is 5.75. The van der Waals surface area contributed by atoms with E-state index in [1.54, 1.807) is 24.1 Å². The lowest BCUT2D eigenvalue weighted by Gasteiger charge is -2.17. The van der Waals surface area contributed by atoms with Gasteiger partial charge in [0.15, 0.2) is 0 Å². The number of hydrogen-bond acceptors (Lipinski definition) is 3. The molecule has 1 aromatic rings. The molecule has 0 unspecified atom stereocenters. The first kappa shape index (κ1) is 13.5. The monoisotopic (exact) mass is 236 g/mol. The van der Waals surface area contributed by atoms with Gasteiger partial charge in [-0.2, -0.15) is 0 Å². The fraction of sp³-hybridized carbons (Fsp3) is 0.462. The molecule has 1 rings (SSSR count). The number of phenols is 1. The predicted molar refractivity (Wildman–Crippen MR) is 67.5 cm³/mol. The Kier molecular flexibility index (Phi) is 5.49. The third-order valence-electron chi connectivity index (χ3n) is 2.63. The molecule has 0 saturated heterocycles. The molecule has 0 bridgehead atoms. The molecule has 4 heteroatoms. The number of carbonyl (C=O) groups excluding carboxylic acids is 1. The van der Waals surface area contributed by atoms with Gasteiger partial charge >= 0.3 is 0 Å². The Hall–Kier alpha value is -1.55. The lowest BCUT2D eigenvalue weighted by Crippen LogP contribution is -2.25. The van der Waals surface area contributed by atoms with E-state index in [2.05, 4.69) is 0 Å². The maximum atomic E-state index is 11.7. The molecule has 94 valence electrons. The summed E-state index contributed by atoms with van der Waals surface area (Å²) in [4.78, 5) is 13.4. The Balaban J connectivity index is 2.40. The third kappa shape index (κ3) is 4.87. The van der Waals surface area contributed by atoms with Crippen molar-refractivity contribution in [1.82, 2.24) is 4.90 Å². The quantitative estimate of drug-likeness (QED) is 0.735. The van der Waals surface area contributed by atoms with Crippen LogP contribution >= 0.6 is 0 Å². The zero-order valence-corrected chi connectivity index (χ0v) is 10.2. The van der Waals surface area contributed by atoms with E-state index < -0.39 is 0 Å². The van der Waals surface area contributed by atoms with Gasteiger partial charge in [-0.3, -0.25) is 4.79 Å². The normalized spacial score (nSPS) is 10.2. The average molecular weight is 236 g/mol. The molecule has 0 radical (unpaired) electrons. The molecule has 0 heterocycles. The number of nitrogens with two attached hydrogens (primary N) is 1. The predicted octanol–water partition coefficient (Wildman–Crippen LogP) is 1.48. The fourth-order valence-electron chi connectivity index (χ4n) is 1.57. The molecular weight excluding hydrogens is 216 g/mol. The molecule has 0 aliphatic rings. The van der Waals surface area contributed by atoms with Crippen LogP contribution in [0, 0.1) is 0 Å². The van der Waals surface area contributed by atoms with Crippen LogP contribution in [0.25, 0.3) is 0 Å². The summed E-state index contributed by atoms with van der Waals surface area (Å²) in [7, 11) is 1.79. The van der Waals surface area contributed by atoms with Crippen LogP contribution in [0.5, 0.6) is 5.75 Å². The van der Waals surface area contributed by atoms with Crippen LogP contribution in [0.3, 0.4) is 0 Å². The number of benzene rings is 1. The standard InChI is InChI=1S/C13H20N2O2/c1-15(13(17)4-2-3-9-14)10-11-5-7-12(16)8-6-11/h5-8,16H,2-4,9-10,14H2,1H3. The third-order valence-corrected chi connectivity index (χ3v) is 2.63. The number of nitrogens with zero attached hydrogens (tertiary/aromatic N) is 1. The van der Waals surface area contributed by atoms with E-state index in [9.17, 15) is 4.79 Å². The summed E-state index contributed by atoms with van der Waals surface area (Å²) in [5.74, 6) is 0.372. The number of phenolic OH excluding ortho intramolecular Hbond substituents is 1. The van der Waals surface area contributed by atoms with Crippen LogP contribution < -0.4 is 5.73 Å². The van der Waals surface area contributed by atoms with Crippen LogP contribution in [0.15, 0.2) is 24.3 Å². The van der Waals surface area contributed by atoms with Crippen LogP contribution in [0.2, 0.25) is 0 Å². The Bertz CT molecular complexity index is 349. The number of unbranched alkanes of at least 4 members (excludes halogenated alkanes) is 1. The lowest BCUT2D eigenvalue weighted by molar-refractivity contribution is -0.130. The molecule has 0 atom stereocenters. The zero-order chi connectivity index (χ0) is 12.7. The van der Waals surface area contributed by atoms with Gasteiger partial charge in [0.05, 0.1) is 0 Å². The molecule has 4 nitrogen and oxygen atoms in total. The second kappa shape index (κ2) is 6.91. The second-order valence-corrected chi connectivity index (χ2v) is 4.16. The molecule has 0 spiro atoms. The summed E-state index contributed by atoms with van der Waals surface area (Å²) in [5, 5.41) is 9.15. The number of carbonyl (C=O) groups is 1. The van der Waals surface area contributed by atoms with Crippen molar-refractivity contribution in [2.45, 2.75) is 25.8 Å². The second-order valence-electron chi connectivity index (χ2n) is 4.16. The van der Waals surface area contributed by atoms with Gasteiger partial charge < -0.3 is 15.7 Å². The van der Waals surface area contributed by atoms with Crippen molar-refractivity contribution in [3.63, 3.8) is 0 Å². The van der Waals surface area contributed by atoms with E-state index in [4.69, 9.17) is 10.8 Å². The van der Waals surface area contributed by atoms with Gasteiger partial charge in [0.25, 0.3) is 0 Å². The minimum atomic E-state index is 0.131. The van der Waals surface area contributed by atoms with Crippen molar-refractivity contribution >= 4 is 5.91 Å². The Labute approximate surface area is 102 Å². The highest BCUT2D eigenvalue weighted by Crippen LogP contribution is 2.11. The van der Waals surface area contributed by atoms with Gasteiger partial charge in [0, 0.05) is 20.0 Å². The number of amides is 1. The van der Waals surface area contributed by atoms with E-state index in [1.165, 1.54) is 0 Å². The van der Waals surface area contributed by atoms with Crippen molar-refractivity contribution < 1.29 is 9.90 Å². The van der Waals surface area contributed by atoms with Crippen LogP contribution in [0.4, 0.5) is 0 Å². The molecule has 0 saturated carbocycles. The average Bonchev–Trinajstić information content (AvgIpc) is 2.32. The molecule has 17 heavy (non-hydrogen) atoms. The van der Waals surface area contributed by atoms with E-state index in [0.29, 0.717) is 19.5 Å². The van der Waals surface area contributed by atoms with Gasteiger partial charge in [0.2, 0.25) is 5.91 Å². The van der Waals surface area contributed by atoms with E-state index in [0.717, 1.165) is 18.4 Å². The summed E-state index contributed by atoms with van der Waals surface area (Å²) in [6.45, 7) is 1.21. The van der Waals surface area contributed by atoms with Crippen LogP contribution in [0.1, 0.15) is 24.8 Å². The Morgan fingerprint density at radius 1 is 1.29 bits per heavy atom. The molecule has 1 aromatic carbocycles. The van der Waals surface area contributed by atoms with Crippen molar-refractivity contribution in [2.24, 2.45) is 5.73 Å². The minimum Gasteiger partial charge on any atom is -0.508 e. The van der Waals surface area contributed by atoms with Crippen molar-refractivity contribution in [3.8, 4) is 5.75 Å². The van der Waals surface area contributed by atoms with Gasteiger partial charge in [-0.15, -0.1) is 0 Å². The molecule has 0 fully saturated rings. The highest BCUT2D eigenvalue weighted by atomic mass is 16.3. The maximum Gasteiger partial charge on any atom is 0.222 e. The summed E-state index contributed by atoms with van der Waals surface area (Å²) in [6.07, 6.45) is 2.28. The van der Waals surface area contributed by atoms with E-state index in [1.807, 2.05) is 12.1 Å². The largest absolute Gasteiger partial charge is 0.508 e. The zero-order valence-electron chi connectivity index (χ0n) is 10.2. The molecular formula is C13H20N2O2. The number of hydrogen-bond donors (Lipinski definition) is 2. The van der Waals surface area contributed by atoms with E-state index >= 15 is 0 Å². The van der Waals surface area contributed by atoms with Gasteiger partial charge in [-0.1, -0.05) is 12.1 Å². The Morgan fingerprint density at radius 3 is 2.53 bits per heavy atom. The SMILES string of the molecule is CN(Cc1ccc(O)cc1)C(=O)CCCCN.